The summed E-state index contributed by atoms with van der Waals surface area (Å²) in [7, 11) is 1.67. The van der Waals surface area contributed by atoms with Crippen molar-refractivity contribution in [1.82, 2.24) is 15.6 Å². The van der Waals surface area contributed by atoms with E-state index in [0.717, 1.165) is 37.2 Å². The number of carboxylic acids is 1. The molecule has 0 aromatic carbocycles. The van der Waals surface area contributed by atoms with Gasteiger partial charge in [-0.15, -0.1) is 11.3 Å². The van der Waals surface area contributed by atoms with Gasteiger partial charge in [-0.3, -0.25) is 0 Å². The minimum Gasteiger partial charge on any atom is -0.477 e. The summed E-state index contributed by atoms with van der Waals surface area (Å²) in [5.41, 5.74) is 0.475. The van der Waals surface area contributed by atoms with Crippen LogP contribution in [0.1, 0.15) is 39.6 Å². The number of carbonyl (C=O) groups excluding carboxylic acids is 1. The number of aromatic nitrogens is 1. The van der Waals surface area contributed by atoms with Gasteiger partial charge in [0.25, 0.3) is 0 Å². The highest BCUT2D eigenvalue weighted by molar-refractivity contribution is 7.13. The van der Waals surface area contributed by atoms with Gasteiger partial charge in [-0.05, 0) is 26.2 Å². The Bertz CT molecular complexity index is 476. The molecule has 0 aliphatic rings. The van der Waals surface area contributed by atoms with Gasteiger partial charge >= 0.3 is 12.0 Å². The summed E-state index contributed by atoms with van der Waals surface area (Å²) < 4.78 is 4.94. The number of nitrogens with one attached hydrogen (secondary N) is 2. The van der Waals surface area contributed by atoms with Crippen molar-refractivity contribution in [3.8, 4) is 0 Å². The number of hydrogen-bond acceptors (Lipinski definition) is 5. The first-order chi connectivity index (χ1) is 10.0. The van der Waals surface area contributed by atoms with Gasteiger partial charge in [-0.1, -0.05) is 0 Å². The van der Waals surface area contributed by atoms with E-state index in [9.17, 15) is 9.59 Å². The van der Waals surface area contributed by atoms with Crippen LogP contribution in [0.5, 0.6) is 0 Å². The maximum absolute atomic E-state index is 11.5. The van der Waals surface area contributed by atoms with Crippen LogP contribution in [0.4, 0.5) is 4.79 Å². The summed E-state index contributed by atoms with van der Waals surface area (Å²) in [4.78, 5) is 26.8. The van der Waals surface area contributed by atoms with Crippen LogP contribution in [0.15, 0.2) is 0 Å². The maximum atomic E-state index is 11.5. The SMILES string of the molecule is COCCCCCNC(=O)NCc1nc(C)c(C(=O)O)s1. The average molecular weight is 315 g/mol. The van der Waals surface area contributed by atoms with E-state index in [1.165, 1.54) is 0 Å². The molecule has 1 heterocycles. The molecule has 0 radical (unpaired) electrons. The number of methoxy groups -OCH3 is 1. The fourth-order valence-electron chi connectivity index (χ4n) is 1.69. The van der Waals surface area contributed by atoms with E-state index in [1.54, 1.807) is 14.0 Å². The largest absolute Gasteiger partial charge is 0.477 e. The molecule has 1 aromatic rings. The van der Waals surface area contributed by atoms with E-state index in [4.69, 9.17) is 9.84 Å². The number of carboxylic acid groups (broad SMARTS) is 1. The summed E-state index contributed by atoms with van der Waals surface area (Å²) in [6.07, 6.45) is 2.88. The minimum atomic E-state index is -0.989. The highest BCUT2D eigenvalue weighted by atomic mass is 32.1. The number of aryl methyl sites for hydroxylation is 1. The summed E-state index contributed by atoms with van der Waals surface area (Å²) in [6, 6.07) is -0.272. The zero-order valence-corrected chi connectivity index (χ0v) is 13.1. The molecule has 8 heteroatoms. The molecule has 0 saturated carbocycles. The molecular weight excluding hydrogens is 294 g/mol. The van der Waals surface area contributed by atoms with Crippen LogP contribution in [0.25, 0.3) is 0 Å². The molecule has 2 amide bonds. The molecule has 1 rings (SSSR count). The lowest BCUT2D eigenvalue weighted by atomic mass is 10.2. The van der Waals surface area contributed by atoms with Gasteiger partial charge in [0, 0.05) is 20.3 Å². The minimum absolute atomic E-state index is 0.213. The van der Waals surface area contributed by atoms with Crippen molar-refractivity contribution < 1.29 is 19.4 Å². The number of hydrogen-bond donors (Lipinski definition) is 3. The number of ether oxygens (including phenoxy) is 1. The molecule has 0 fully saturated rings. The van der Waals surface area contributed by atoms with E-state index >= 15 is 0 Å². The standard InChI is InChI=1S/C13H21N3O4S/c1-9-11(12(17)18)21-10(16-9)8-15-13(19)14-6-4-3-5-7-20-2/h3-8H2,1-2H3,(H,17,18)(H2,14,15,19). The predicted molar refractivity (Wildman–Crippen MR) is 79.8 cm³/mol. The first-order valence-corrected chi connectivity index (χ1v) is 7.56. The molecule has 0 unspecified atom stereocenters. The van der Waals surface area contributed by atoms with Crippen LogP contribution >= 0.6 is 11.3 Å². The summed E-state index contributed by atoms with van der Waals surface area (Å²) in [5.74, 6) is -0.989. The summed E-state index contributed by atoms with van der Waals surface area (Å²) in [6.45, 7) is 3.21. The molecule has 7 nitrogen and oxygen atoms in total. The lowest BCUT2D eigenvalue weighted by molar-refractivity contribution is 0.0701. The molecule has 1 aromatic heterocycles. The van der Waals surface area contributed by atoms with E-state index in [1.807, 2.05) is 0 Å². The molecule has 0 atom stereocenters. The molecule has 0 saturated heterocycles. The summed E-state index contributed by atoms with van der Waals surface area (Å²) >= 11 is 1.08. The number of aromatic carboxylic acids is 1. The molecule has 0 aliphatic heterocycles. The van der Waals surface area contributed by atoms with Gasteiger partial charge in [0.1, 0.15) is 9.88 Å². The van der Waals surface area contributed by atoms with Crippen LogP contribution < -0.4 is 10.6 Å². The Balaban J connectivity index is 2.21. The van der Waals surface area contributed by atoms with Crippen molar-refractivity contribution in [2.24, 2.45) is 0 Å². The average Bonchev–Trinajstić information content (AvgIpc) is 2.82. The van der Waals surface area contributed by atoms with E-state index in [2.05, 4.69) is 15.6 Å². The molecule has 3 N–H and O–H groups in total. The van der Waals surface area contributed by atoms with Crippen LogP contribution in [-0.2, 0) is 11.3 Å². The number of carbonyl (C=O) groups is 2. The zero-order chi connectivity index (χ0) is 15.7. The Labute approximate surface area is 127 Å². The molecule has 0 spiro atoms. The summed E-state index contributed by atoms with van der Waals surface area (Å²) in [5, 5.41) is 14.9. The van der Waals surface area contributed by atoms with Crippen molar-refractivity contribution in [2.75, 3.05) is 20.3 Å². The second-order valence-corrected chi connectivity index (χ2v) is 5.57. The fraction of sp³-hybridized carbons (Fsp3) is 0.615. The molecule has 118 valence electrons. The third kappa shape index (κ3) is 6.54. The van der Waals surface area contributed by atoms with Crippen molar-refractivity contribution in [1.29, 1.82) is 0 Å². The lowest BCUT2D eigenvalue weighted by Crippen LogP contribution is -2.35. The first kappa shape index (κ1) is 17.4. The maximum Gasteiger partial charge on any atom is 0.347 e. The molecular formula is C13H21N3O4S. The second kappa shape index (κ2) is 9.30. The quantitative estimate of drug-likeness (QED) is 0.603. The normalized spacial score (nSPS) is 10.4. The van der Waals surface area contributed by atoms with Crippen molar-refractivity contribution in [3.05, 3.63) is 15.6 Å². The predicted octanol–water partition coefficient (Wildman–Crippen LogP) is 1.77. The Morgan fingerprint density at radius 2 is 2.05 bits per heavy atom. The van der Waals surface area contributed by atoms with Gasteiger partial charge in [0.2, 0.25) is 0 Å². The number of amides is 2. The Kier molecular flexibility index (Phi) is 7.70. The molecule has 0 bridgehead atoms. The number of urea groups is 1. The first-order valence-electron chi connectivity index (χ1n) is 6.74. The third-order valence-electron chi connectivity index (χ3n) is 2.75. The molecule has 21 heavy (non-hydrogen) atoms. The zero-order valence-electron chi connectivity index (χ0n) is 12.3. The van der Waals surface area contributed by atoms with Crippen molar-refractivity contribution in [2.45, 2.75) is 32.7 Å². The van der Waals surface area contributed by atoms with E-state index in [0.29, 0.717) is 17.2 Å². The van der Waals surface area contributed by atoms with Crippen LogP contribution in [0, 0.1) is 6.92 Å². The van der Waals surface area contributed by atoms with Gasteiger partial charge in [0.05, 0.1) is 12.2 Å². The van der Waals surface area contributed by atoms with Gasteiger partial charge in [-0.25, -0.2) is 14.6 Å². The topological polar surface area (TPSA) is 101 Å². The Morgan fingerprint density at radius 1 is 1.29 bits per heavy atom. The van der Waals surface area contributed by atoms with Crippen LogP contribution in [-0.4, -0.2) is 42.4 Å². The smallest absolute Gasteiger partial charge is 0.347 e. The van der Waals surface area contributed by atoms with Crippen LogP contribution in [0.2, 0.25) is 0 Å². The van der Waals surface area contributed by atoms with Gasteiger partial charge in [-0.2, -0.15) is 0 Å². The Hall–Kier alpha value is -1.67. The number of unbranched alkanes of at least 4 members (excludes halogenated alkanes) is 2. The molecule has 0 aliphatic carbocycles. The highest BCUT2D eigenvalue weighted by Gasteiger charge is 2.14. The second-order valence-electron chi connectivity index (χ2n) is 4.49. The van der Waals surface area contributed by atoms with E-state index in [-0.39, 0.29) is 17.5 Å². The fourth-order valence-corrected chi connectivity index (χ4v) is 2.54. The monoisotopic (exact) mass is 315 g/mol. The highest BCUT2D eigenvalue weighted by Crippen LogP contribution is 2.17. The van der Waals surface area contributed by atoms with E-state index < -0.39 is 5.97 Å². The number of thiazole rings is 1. The van der Waals surface area contributed by atoms with Crippen molar-refractivity contribution >= 4 is 23.3 Å². The number of rotatable bonds is 9. The lowest BCUT2D eigenvalue weighted by Gasteiger charge is -2.06. The Morgan fingerprint density at radius 3 is 2.67 bits per heavy atom. The third-order valence-corrected chi connectivity index (χ3v) is 3.89. The van der Waals surface area contributed by atoms with Crippen molar-refractivity contribution in [3.63, 3.8) is 0 Å². The van der Waals surface area contributed by atoms with Gasteiger partial charge in [0.15, 0.2) is 0 Å². The van der Waals surface area contributed by atoms with Gasteiger partial charge < -0.3 is 20.5 Å². The van der Waals surface area contributed by atoms with Crippen LogP contribution in [0.3, 0.4) is 0 Å². The number of nitrogens with zero attached hydrogens (tertiary/aromatic N) is 1.